The van der Waals surface area contributed by atoms with Crippen molar-refractivity contribution in [1.29, 1.82) is 0 Å². The quantitative estimate of drug-likeness (QED) is 0.848. The van der Waals surface area contributed by atoms with Gasteiger partial charge in [-0.05, 0) is 23.1 Å². The molecule has 1 aromatic carbocycles. The summed E-state index contributed by atoms with van der Waals surface area (Å²) < 4.78 is 6.79. The van der Waals surface area contributed by atoms with Gasteiger partial charge in [0.2, 0.25) is 0 Å². The van der Waals surface area contributed by atoms with E-state index in [0.29, 0.717) is 18.9 Å². The lowest BCUT2D eigenvalue weighted by Gasteiger charge is -2.20. The Morgan fingerprint density at radius 1 is 1.30 bits per heavy atom. The first-order valence-corrected chi connectivity index (χ1v) is 7.40. The van der Waals surface area contributed by atoms with E-state index in [2.05, 4.69) is 36.4 Å². The molecule has 0 bridgehead atoms. The van der Waals surface area contributed by atoms with Crippen molar-refractivity contribution in [3.05, 3.63) is 35.5 Å². The third-order valence-corrected chi connectivity index (χ3v) is 3.25. The second-order valence-electron chi connectivity index (χ2n) is 6.57. The van der Waals surface area contributed by atoms with Gasteiger partial charge in [-0.2, -0.15) is 0 Å². The van der Waals surface area contributed by atoms with Crippen molar-refractivity contribution in [2.45, 2.75) is 27.3 Å². The maximum atomic E-state index is 11.5. The van der Waals surface area contributed by atoms with Crippen molar-refractivity contribution in [2.75, 3.05) is 19.0 Å². The Balaban J connectivity index is 2.24. The van der Waals surface area contributed by atoms with Gasteiger partial charge >= 0.3 is 0 Å². The number of benzene rings is 1. The standard InChI is InChI=1S/C16H23N5O2/c1-16(2,3)10-18-15-13(14(17)22)19-20-21(15)9-11-5-7-12(23-4)8-6-11/h5-8,18H,9-10H2,1-4H3,(H2,17,22). The lowest BCUT2D eigenvalue weighted by molar-refractivity contribution is 0.0996. The molecule has 2 aromatic rings. The zero-order valence-electron chi connectivity index (χ0n) is 14.0. The Labute approximate surface area is 135 Å². The maximum Gasteiger partial charge on any atom is 0.273 e. The minimum absolute atomic E-state index is 0.0458. The largest absolute Gasteiger partial charge is 0.497 e. The predicted molar refractivity (Wildman–Crippen MR) is 88.6 cm³/mol. The molecule has 2 rings (SSSR count). The molecule has 1 amide bonds. The molecule has 0 fully saturated rings. The van der Waals surface area contributed by atoms with Gasteiger partial charge in [-0.1, -0.05) is 38.1 Å². The summed E-state index contributed by atoms with van der Waals surface area (Å²) in [6.07, 6.45) is 0. The molecule has 0 aliphatic carbocycles. The maximum absolute atomic E-state index is 11.5. The van der Waals surface area contributed by atoms with Crippen molar-refractivity contribution in [3.63, 3.8) is 0 Å². The van der Waals surface area contributed by atoms with Crippen molar-refractivity contribution < 1.29 is 9.53 Å². The molecular weight excluding hydrogens is 294 g/mol. The van der Waals surface area contributed by atoms with Gasteiger partial charge in [0, 0.05) is 6.54 Å². The predicted octanol–water partition coefficient (Wildman–Crippen LogP) is 1.89. The summed E-state index contributed by atoms with van der Waals surface area (Å²) in [6.45, 7) is 7.45. The van der Waals surface area contributed by atoms with Crippen LogP contribution in [0.3, 0.4) is 0 Å². The van der Waals surface area contributed by atoms with E-state index in [9.17, 15) is 4.79 Å². The average molecular weight is 317 g/mol. The first-order chi connectivity index (χ1) is 10.8. The van der Waals surface area contributed by atoms with Crippen LogP contribution in [0.4, 0.5) is 5.82 Å². The number of ether oxygens (including phenoxy) is 1. The molecular formula is C16H23N5O2. The monoisotopic (exact) mass is 317 g/mol. The summed E-state index contributed by atoms with van der Waals surface area (Å²) in [5, 5.41) is 11.2. The smallest absolute Gasteiger partial charge is 0.273 e. The Hall–Kier alpha value is -2.57. The topological polar surface area (TPSA) is 95.1 Å². The fourth-order valence-electron chi connectivity index (χ4n) is 2.02. The molecule has 124 valence electrons. The van der Waals surface area contributed by atoms with E-state index >= 15 is 0 Å². The summed E-state index contributed by atoms with van der Waals surface area (Å²) in [4.78, 5) is 11.5. The number of hydrogen-bond acceptors (Lipinski definition) is 5. The number of amides is 1. The number of aromatic nitrogens is 3. The highest BCUT2D eigenvalue weighted by Gasteiger charge is 2.19. The van der Waals surface area contributed by atoms with Gasteiger partial charge in [-0.25, -0.2) is 4.68 Å². The summed E-state index contributed by atoms with van der Waals surface area (Å²) in [5.74, 6) is 0.738. The number of nitrogens with zero attached hydrogens (tertiary/aromatic N) is 3. The lowest BCUT2D eigenvalue weighted by Crippen LogP contribution is -2.23. The van der Waals surface area contributed by atoms with Crippen LogP contribution in [0, 0.1) is 5.41 Å². The lowest BCUT2D eigenvalue weighted by atomic mass is 9.97. The van der Waals surface area contributed by atoms with Gasteiger partial charge in [-0.15, -0.1) is 5.10 Å². The van der Waals surface area contributed by atoms with E-state index in [1.165, 1.54) is 0 Å². The number of rotatable bonds is 6. The molecule has 7 nitrogen and oxygen atoms in total. The molecule has 3 N–H and O–H groups in total. The molecule has 0 unspecified atom stereocenters. The molecule has 23 heavy (non-hydrogen) atoms. The molecule has 0 saturated carbocycles. The molecule has 1 heterocycles. The Morgan fingerprint density at radius 2 is 1.96 bits per heavy atom. The van der Waals surface area contributed by atoms with E-state index in [4.69, 9.17) is 10.5 Å². The number of carbonyl (C=O) groups excluding carboxylic acids is 1. The number of carbonyl (C=O) groups is 1. The van der Waals surface area contributed by atoms with Gasteiger partial charge in [0.05, 0.1) is 13.7 Å². The third-order valence-electron chi connectivity index (χ3n) is 3.25. The van der Waals surface area contributed by atoms with Crippen LogP contribution in [0.15, 0.2) is 24.3 Å². The summed E-state index contributed by atoms with van der Waals surface area (Å²) >= 11 is 0. The SMILES string of the molecule is COc1ccc(Cn2nnc(C(N)=O)c2NCC(C)(C)C)cc1. The highest BCUT2D eigenvalue weighted by atomic mass is 16.5. The van der Waals surface area contributed by atoms with Crippen LogP contribution in [-0.4, -0.2) is 34.6 Å². The molecule has 0 atom stereocenters. The van der Waals surface area contributed by atoms with Gasteiger partial charge in [0.25, 0.3) is 5.91 Å². The number of anilines is 1. The Morgan fingerprint density at radius 3 is 2.48 bits per heavy atom. The molecule has 0 aliphatic heterocycles. The Bertz CT molecular complexity index is 671. The van der Waals surface area contributed by atoms with Gasteiger partial charge in [-0.3, -0.25) is 4.79 Å². The number of nitrogens with one attached hydrogen (secondary N) is 1. The van der Waals surface area contributed by atoms with E-state index in [-0.39, 0.29) is 11.1 Å². The number of hydrogen-bond donors (Lipinski definition) is 2. The van der Waals surface area contributed by atoms with Crippen molar-refractivity contribution in [2.24, 2.45) is 11.1 Å². The minimum atomic E-state index is -0.595. The Kier molecular flexibility index (Phi) is 4.88. The van der Waals surface area contributed by atoms with Crippen molar-refractivity contribution >= 4 is 11.7 Å². The summed E-state index contributed by atoms with van der Waals surface area (Å²) in [5.41, 5.74) is 6.61. The molecule has 0 radical (unpaired) electrons. The van der Waals surface area contributed by atoms with Gasteiger partial charge < -0.3 is 15.8 Å². The number of methoxy groups -OCH3 is 1. The second kappa shape index (κ2) is 6.68. The van der Waals surface area contributed by atoms with Crippen LogP contribution in [0.25, 0.3) is 0 Å². The first-order valence-electron chi connectivity index (χ1n) is 7.40. The molecule has 0 spiro atoms. The zero-order valence-corrected chi connectivity index (χ0v) is 14.0. The average Bonchev–Trinajstić information content (AvgIpc) is 2.88. The van der Waals surface area contributed by atoms with Crippen LogP contribution in [0.5, 0.6) is 5.75 Å². The van der Waals surface area contributed by atoms with Gasteiger partial charge in [0.1, 0.15) is 5.75 Å². The van der Waals surface area contributed by atoms with E-state index in [0.717, 1.165) is 11.3 Å². The highest BCUT2D eigenvalue weighted by Crippen LogP contribution is 2.19. The minimum Gasteiger partial charge on any atom is -0.497 e. The highest BCUT2D eigenvalue weighted by molar-refractivity contribution is 5.95. The van der Waals surface area contributed by atoms with E-state index in [1.54, 1.807) is 11.8 Å². The van der Waals surface area contributed by atoms with E-state index in [1.807, 2.05) is 24.3 Å². The fraction of sp³-hybridized carbons (Fsp3) is 0.438. The van der Waals surface area contributed by atoms with Crippen LogP contribution in [0.1, 0.15) is 36.8 Å². The fourth-order valence-corrected chi connectivity index (χ4v) is 2.02. The van der Waals surface area contributed by atoms with E-state index < -0.39 is 5.91 Å². The van der Waals surface area contributed by atoms with Crippen molar-refractivity contribution in [3.8, 4) is 5.75 Å². The number of primary amides is 1. The van der Waals surface area contributed by atoms with Crippen LogP contribution in [-0.2, 0) is 6.54 Å². The van der Waals surface area contributed by atoms with Crippen LogP contribution >= 0.6 is 0 Å². The summed E-state index contributed by atoms with van der Waals surface area (Å²) in [6, 6.07) is 7.64. The molecule has 0 saturated heterocycles. The first kappa shape index (κ1) is 16.8. The normalized spacial score (nSPS) is 11.3. The number of nitrogens with two attached hydrogens (primary N) is 1. The molecule has 1 aromatic heterocycles. The second-order valence-corrected chi connectivity index (χ2v) is 6.57. The molecule has 0 aliphatic rings. The van der Waals surface area contributed by atoms with Gasteiger partial charge in [0.15, 0.2) is 11.5 Å². The summed E-state index contributed by atoms with van der Waals surface area (Å²) in [7, 11) is 1.63. The zero-order chi connectivity index (χ0) is 17.0. The third kappa shape index (κ3) is 4.45. The van der Waals surface area contributed by atoms with Crippen LogP contribution in [0.2, 0.25) is 0 Å². The molecule has 7 heteroatoms. The van der Waals surface area contributed by atoms with Crippen molar-refractivity contribution in [1.82, 2.24) is 15.0 Å². The van der Waals surface area contributed by atoms with Crippen LogP contribution < -0.4 is 15.8 Å².